The number of carbonyl (C=O) groups is 1. The molecule has 0 aromatic heterocycles. The zero-order valence-electron chi connectivity index (χ0n) is 17.1. The summed E-state index contributed by atoms with van der Waals surface area (Å²) in [5.74, 6) is -1.10. The standard InChI is InChI=1S/C23H23F3N2O4/c24-23(25,26)22(17(12-27)19(30)7-8-20(31)21(32)13-29)15-6-5-14-3-1-4-18(16(14)11-15)28-9-2-10-28/h1,3-6,11,20-21,29,31-32H,2,7-10,13H2/b22-17-. The van der Waals surface area contributed by atoms with Crippen LogP contribution in [0.2, 0.25) is 0 Å². The van der Waals surface area contributed by atoms with E-state index in [4.69, 9.17) is 5.11 Å². The number of aliphatic hydroxyl groups is 3. The molecule has 0 bridgehead atoms. The van der Waals surface area contributed by atoms with Gasteiger partial charge in [0.25, 0.3) is 0 Å². The summed E-state index contributed by atoms with van der Waals surface area (Å²) in [5.41, 5.74) is -1.88. The number of aliphatic hydroxyl groups excluding tert-OH is 3. The maximum atomic E-state index is 14.0. The molecule has 170 valence electrons. The van der Waals surface area contributed by atoms with Crippen LogP contribution in [-0.2, 0) is 4.79 Å². The van der Waals surface area contributed by atoms with E-state index in [-0.39, 0.29) is 5.56 Å². The first-order valence-electron chi connectivity index (χ1n) is 10.2. The summed E-state index contributed by atoms with van der Waals surface area (Å²) in [6.07, 6.45) is -7.99. The average Bonchev–Trinajstić information content (AvgIpc) is 2.72. The Morgan fingerprint density at radius 1 is 1.16 bits per heavy atom. The van der Waals surface area contributed by atoms with Gasteiger partial charge < -0.3 is 20.2 Å². The van der Waals surface area contributed by atoms with Crippen LogP contribution < -0.4 is 4.90 Å². The molecule has 6 nitrogen and oxygen atoms in total. The minimum absolute atomic E-state index is 0.293. The van der Waals surface area contributed by atoms with Crippen LogP contribution in [-0.4, -0.2) is 59.2 Å². The zero-order chi connectivity index (χ0) is 23.5. The van der Waals surface area contributed by atoms with Crippen molar-refractivity contribution in [1.82, 2.24) is 0 Å². The normalized spacial score (nSPS) is 16.7. The van der Waals surface area contributed by atoms with Crippen LogP contribution >= 0.6 is 0 Å². The number of carbonyl (C=O) groups excluding carboxylic acids is 1. The molecule has 2 aromatic rings. The van der Waals surface area contributed by atoms with Crippen molar-refractivity contribution in [2.24, 2.45) is 0 Å². The predicted molar refractivity (Wildman–Crippen MR) is 113 cm³/mol. The smallest absolute Gasteiger partial charge is 0.394 e. The molecular formula is C23H23F3N2O4. The predicted octanol–water partition coefficient (Wildman–Crippen LogP) is 2.95. The number of allylic oxidation sites excluding steroid dienone is 2. The Bertz CT molecular complexity index is 1070. The van der Waals surface area contributed by atoms with Crippen LogP contribution in [0.1, 0.15) is 24.8 Å². The highest BCUT2D eigenvalue weighted by Crippen LogP contribution is 2.40. The molecule has 0 saturated carbocycles. The van der Waals surface area contributed by atoms with Crippen molar-refractivity contribution in [2.45, 2.75) is 37.6 Å². The van der Waals surface area contributed by atoms with Crippen molar-refractivity contribution in [3.63, 3.8) is 0 Å². The molecule has 1 fully saturated rings. The summed E-state index contributed by atoms with van der Waals surface area (Å²) >= 11 is 0. The lowest BCUT2D eigenvalue weighted by atomic mass is 9.92. The molecule has 2 atom stereocenters. The Balaban J connectivity index is 2.05. The Labute approximate surface area is 182 Å². The van der Waals surface area contributed by atoms with Crippen LogP contribution in [0, 0.1) is 11.3 Å². The number of Topliss-reactive ketones (excluding diaryl/α,β-unsaturated/α-hetero) is 1. The molecule has 2 aromatic carbocycles. The number of nitrogens with zero attached hydrogens (tertiary/aromatic N) is 2. The van der Waals surface area contributed by atoms with Crippen molar-refractivity contribution < 1.29 is 33.3 Å². The van der Waals surface area contributed by atoms with Gasteiger partial charge in [-0.15, -0.1) is 0 Å². The monoisotopic (exact) mass is 448 g/mol. The summed E-state index contributed by atoms with van der Waals surface area (Å²) in [7, 11) is 0. The third-order valence-electron chi connectivity index (χ3n) is 5.57. The SMILES string of the molecule is N#C/C(C(=O)CCC(O)C(O)CO)=C(\c1ccc2cccc(N3CCC3)c2c1)C(F)(F)F. The lowest BCUT2D eigenvalue weighted by Gasteiger charge is -2.34. The molecule has 1 aliphatic heterocycles. The minimum Gasteiger partial charge on any atom is -0.394 e. The van der Waals surface area contributed by atoms with Crippen LogP contribution in [0.3, 0.4) is 0 Å². The van der Waals surface area contributed by atoms with Gasteiger partial charge in [0.2, 0.25) is 0 Å². The van der Waals surface area contributed by atoms with E-state index >= 15 is 0 Å². The molecule has 3 rings (SSSR count). The van der Waals surface area contributed by atoms with Gasteiger partial charge in [-0.25, -0.2) is 0 Å². The van der Waals surface area contributed by atoms with Gasteiger partial charge in [0.05, 0.1) is 18.3 Å². The van der Waals surface area contributed by atoms with Gasteiger partial charge in [-0.05, 0) is 35.9 Å². The van der Waals surface area contributed by atoms with E-state index in [0.29, 0.717) is 5.39 Å². The lowest BCUT2D eigenvalue weighted by molar-refractivity contribution is -0.116. The number of nitriles is 1. The zero-order valence-corrected chi connectivity index (χ0v) is 17.1. The third-order valence-corrected chi connectivity index (χ3v) is 5.57. The largest absolute Gasteiger partial charge is 0.418 e. The molecule has 0 radical (unpaired) electrons. The second kappa shape index (κ2) is 9.69. The van der Waals surface area contributed by atoms with Crippen LogP contribution in [0.4, 0.5) is 18.9 Å². The fourth-order valence-electron chi connectivity index (χ4n) is 3.67. The lowest BCUT2D eigenvalue weighted by Crippen LogP contribution is -2.37. The van der Waals surface area contributed by atoms with Crippen LogP contribution in [0.5, 0.6) is 0 Å². The molecular weight excluding hydrogens is 425 g/mol. The van der Waals surface area contributed by atoms with Crippen LogP contribution in [0.25, 0.3) is 16.3 Å². The van der Waals surface area contributed by atoms with Crippen molar-refractivity contribution in [2.75, 3.05) is 24.6 Å². The molecule has 1 aliphatic rings. The summed E-state index contributed by atoms with van der Waals surface area (Å²) < 4.78 is 42.1. The molecule has 1 saturated heterocycles. The highest BCUT2D eigenvalue weighted by atomic mass is 19.4. The summed E-state index contributed by atoms with van der Waals surface area (Å²) in [6, 6.07) is 10.9. The number of alkyl halides is 3. The van der Waals surface area contributed by atoms with E-state index in [0.717, 1.165) is 30.6 Å². The van der Waals surface area contributed by atoms with Crippen molar-refractivity contribution in [3.05, 3.63) is 47.5 Å². The Hall–Kier alpha value is -2.93. The fraction of sp³-hybridized carbons (Fsp3) is 0.391. The molecule has 0 spiro atoms. The molecule has 9 heteroatoms. The minimum atomic E-state index is -4.97. The number of anilines is 1. The molecule has 0 aliphatic carbocycles. The van der Waals surface area contributed by atoms with E-state index in [1.807, 2.05) is 17.0 Å². The number of rotatable bonds is 8. The number of hydrogen-bond donors (Lipinski definition) is 3. The Kier molecular flexibility index (Phi) is 7.19. The van der Waals surface area contributed by atoms with Crippen molar-refractivity contribution in [1.29, 1.82) is 5.26 Å². The quantitative estimate of drug-likeness (QED) is 0.424. The number of ketones is 1. The van der Waals surface area contributed by atoms with Gasteiger partial charge in [0.15, 0.2) is 5.78 Å². The third kappa shape index (κ3) is 4.93. The van der Waals surface area contributed by atoms with Gasteiger partial charge in [-0.2, -0.15) is 18.4 Å². The van der Waals surface area contributed by atoms with Crippen molar-refractivity contribution >= 4 is 27.8 Å². The molecule has 1 heterocycles. The van der Waals surface area contributed by atoms with E-state index in [1.165, 1.54) is 24.3 Å². The van der Waals surface area contributed by atoms with Crippen LogP contribution in [0.15, 0.2) is 42.0 Å². The first kappa shape index (κ1) is 23.7. The maximum Gasteiger partial charge on any atom is 0.418 e. The van der Waals surface area contributed by atoms with Gasteiger partial charge in [-0.1, -0.05) is 24.3 Å². The molecule has 2 unspecified atom stereocenters. The molecule has 32 heavy (non-hydrogen) atoms. The second-order valence-electron chi connectivity index (χ2n) is 7.69. The van der Waals surface area contributed by atoms with Gasteiger partial charge in [0, 0.05) is 30.6 Å². The second-order valence-corrected chi connectivity index (χ2v) is 7.69. The van der Waals surface area contributed by atoms with E-state index in [9.17, 15) is 33.4 Å². The summed E-state index contributed by atoms with van der Waals surface area (Å²) in [4.78, 5) is 14.6. The van der Waals surface area contributed by atoms with Gasteiger partial charge in [0.1, 0.15) is 17.7 Å². The number of hydrogen-bond acceptors (Lipinski definition) is 6. The average molecular weight is 448 g/mol. The topological polar surface area (TPSA) is 105 Å². The first-order valence-corrected chi connectivity index (χ1v) is 10.2. The van der Waals surface area contributed by atoms with Crippen molar-refractivity contribution in [3.8, 4) is 6.07 Å². The number of fused-ring (bicyclic) bond motifs is 1. The Morgan fingerprint density at radius 3 is 2.44 bits per heavy atom. The first-order chi connectivity index (χ1) is 15.2. The Morgan fingerprint density at radius 2 is 1.88 bits per heavy atom. The molecule has 3 N–H and O–H groups in total. The summed E-state index contributed by atoms with van der Waals surface area (Å²) in [6.45, 7) is 0.838. The van der Waals surface area contributed by atoms with E-state index in [1.54, 1.807) is 6.07 Å². The highest BCUT2D eigenvalue weighted by Gasteiger charge is 2.39. The van der Waals surface area contributed by atoms with E-state index in [2.05, 4.69) is 0 Å². The number of halogens is 3. The fourth-order valence-corrected chi connectivity index (χ4v) is 3.67. The number of benzene rings is 2. The molecule has 0 amide bonds. The summed E-state index contributed by atoms with van der Waals surface area (Å²) in [5, 5.41) is 38.6. The van der Waals surface area contributed by atoms with Gasteiger partial charge in [-0.3, -0.25) is 4.79 Å². The highest BCUT2D eigenvalue weighted by molar-refractivity contribution is 6.08. The maximum absolute atomic E-state index is 14.0. The van der Waals surface area contributed by atoms with E-state index < -0.39 is 54.8 Å². The van der Waals surface area contributed by atoms with Gasteiger partial charge >= 0.3 is 6.18 Å².